The van der Waals surface area contributed by atoms with Crippen molar-refractivity contribution in [3.8, 4) is 5.75 Å². The Morgan fingerprint density at radius 2 is 1.63 bits per heavy atom. The molecule has 0 aromatic heterocycles. The quantitative estimate of drug-likeness (QED) is 0.367. The Morgan fingerprint density at radius 1 is 1.00 bits per heavy atom. The van der Waals surface area contributed by atoms with Crippen molar-refractivity contribution < 1.29 is 31.1 Å². The number of halogens is 3. The molecule has 1 aliphatic rings. The number of aldehydes is 1. The first-order chi connectivity index (χ1) is 16.7. The third-order valence-electron chi connectivity index (χ3n) is 5.79. The van der Waals surface area contributed by atoms with Crippen LogP contribution in [0.15, 0.2) is 59.5 Å². The number of alkyl halides is 1. The second kappa shape index (κ2) is 10.1. The van der Waals surface area contributed by atoms with Crippen molar-refractivity contribution in [2.75, 3.05) is 10.8 Å². The second-order valence-corrected chi connectivity index (χ2v) is 10.4. The summed E-state index contributed by atoms with van der Waals surface area (Å²) in [6.07, 6.45) is 1.55. The summed E-state index contributed by atoms with van der Waals surface area (Å²) in [6, 6.07) is 12.1. The van der Waals surface area contributed by atoms with Crippen LogP contribution in [0.4, 0.5) is 18.9 Å². The fourth-order valence-electron chi connectivity index (χ4n) is 4.11. The maximum absolute atomic E-state index is 14.2. The monoisotopic (exact) mass is 503 g/mol. The molecule has 0 N–H and O–H groups in total. The van der Waals surface area contributed by atoms with Crippen molar-refractivity contribution in [1.29, 1.82) is 0 Å². The van der Waals surface area contributed by atoms with Crippen LogP contribution in [-0.2, 0) is 29.5 Å². The van der Waals surface area contributed by atoms with Gasteiger partial charge in [0, 0.05) is 11.6 Å². The molecule has 9 heteroatoms. The van der Waals surface area contributed by atoms with Gasteiger partial charge in [-0.05, 0) is 67.1 Å². The van der Waals surface area contributed by atoms with Gasteiger partial charge < -0.3 is 4.74 Å². The predicted molar refractivity (Wildman–Crippen MR) is 126 cm³/mol. The van der Waals surface area contributed by atoms with E-state index in [9.17, 15) is 26.4 Å². The lowest BCUT2D eigenvalue weighted by Gasteiger charge is -2.28. The first-order valence-corrected chi connectivity index (χ1v) is 12.6. The number of nitrogens with zero attached hydrogens (tertiary/aromatic N) is 1. The lowest BCUT2D eigenvalue weighted by Crippen LogP contribution is -2.36. The zero-order valence-electron chi connectivity index (χ0n) is 19.0. The zero-order chi connectivity index (χ0) is 25.2. The fourth-order valence-corrected chi connectivity index (χ4v) is 5.69. The standard InChI is InChI=1S/C26H24F3NO4S/c1-17(27)14-30(35(32,33)24-12-22(28)11-23(29)13-24)25-9-20-3-2-4-21(20)10-26(25)34-16-19-7-5-18(15-31)6-8-19/h5-13,15,17H,2-4,14,16H2,1H3. The maximum Gasteiger partial charge on any atom is 0.264 e. The van der Waals surface area contributed by atoms with Crippen molar-refractivity contribution in [3.63, 3.8) is 0 Å². The van der Waals surface area contributed by atoms with Crippen molar-refractivity contribution in [2.45, 2.75) is 43.9 Å². The molecule has 1 atom stereocenters. The molecule has 0 aliphatic heterocycles. The Bertz CT molecular complexity index is 1320. The molecule has 3 aromatic carbocycles. The Kier molecular flexibility index (Phi) is 7.16. The highest BCUT2D eigenvalue weighted by Crippen LogP contribution is 2.39. The highest BCUT2D eigenvalue weighted by Gasteiger charge is 2.31. The van der Waals surface area contributed by atoms with E-state index in [0.717, 1.165) is 46.5 Å². The topological polar surface area (TPSA) is 63.7 Å². The van der Waals surface area contributed by atoms with Crippen LogP contribution in [0, 0.1) is 11.6 Å². The van der Waals surface area contributed by atoms with Gasteiger partial charge in [0.25, 0.3) is 10.0 Å². The van der Waals surface area contributed by atoms with E-state index in [1.165, 1.54) is 6.92 Å². The predicted octanol–water partition coefficient (Wildman–Crippen LogP) is 5.40. The van der Waals surface area contributed by atoms with Gasteiger partial charge in [-0.1, -0.05) is 24.3 Å². The lowest BCUT2D eigenvalue weighted by molar-refractivity contribution is 0.112. The maximum atomic E-state index is 14.2. The zero-order valence-corrected chi connectivity index (χ0v) is 19.8. The van der Waals surface area contributed by atoms with Crippen LogP contribution in [0.3, 0.4) is 0 Å². The van der Waals surface area contributed by atoms with E-state index in [0.29, 0.717) is 23.8 Å². The number of hydrogen-bond donors (Lipinski definition) is 0. The number of fused-ring (bicyclic) bond motifs is 1. The lowest BCUT2D eigenvalue weighted by atomic mass is 10.1. The van der Waals surface area contributed by atoms with E-state index < -0.39 is 39.3 Å². The number of anilines is 1. The van der Waals surface area contributed by atoms with Crippen LogP contribution in [0.2, 0.25) is 0 Å². The molecule has 0 saturated heterocycles. The van der Waals surface area contributed by atoms with Gasteiger partial charge in [-0.3, -0.25) is 9.10 Å². The highest BCUT2D eigenvalue weighted by atomic mass is 32.2. The third kappa shape index (κ3) is 5.51. The van der Waals surface area contributed by atoms with Gasteiger partial charge in [-0.2, -0.15) is 0 Å². The molecule has 35 heavy (non-hydrogen) atoms. The van der Waals surface area contributed by atoms with E-state index in [1.54, 1.807) is 36.4 Å². The minimum atomic E-state index is -4.53. The Balaban J connectivity index is 1.78. The van der Waals surface area contributed by atoms with E-state index >= 15 is 0 Å². The minimum absolute atomic E-state index is 0.0680. The molecule has 184 valence electrons. The summed E-state index contributed by atoms with van der Waals surface area (Å²) in [6.45, 7) is 0.708. The minimum Gasteiger partial charge on any atom is -0.487 e. The SMILES string of the molecule is CC(F)CN(c1cc2c(cc1OCc1ccc(C=O)cc1)CCC2)S(=O)(=O)c1cc(F)cc(F)c1. The second-order valence-electron chi connectivity index (χ2n) is 8.51. The average molecular weight is 504 g/mol. The molecule has 0 heterocycles. The Labute approximate surface area is 202 Å². The van der Waals surface area contributed by atoms with Gasteiger partial charge in [0.2, 0.25) is 0 Å². The molecule has 5 nitrogen and oxygen atoms in total. The first-order valence-electron chi connectivity index (χ1n) is 11.1. The normalized spacial score (nSPS) is 13.8. The highest BCUT2D eigenvalue weighted by molar-refractivity contribution is 7.92. The molecule has 1 unspecified atom stereocenters. The number of rotatable bonds is 9. The number of hydrogen-bond acceptors (Lipinski definition) is 4. The molecule has 1 aliphatic carbocycles. The summed E-state index contributed by atoms with van der Waals surface area (Å²) in [7, 11) is -4.53. The first kappa shape index (κ1) is 24.8. The van der Waals surface area contributed by atoms with Gasteiger partial charge in [0.1, 0.15) is 36.4 Å². The molecule has 0 bridgehead atoms. The van der Waals surface area contributed by atoms with Crippen LogP contribution in [0.1, 0.15) is 40.4 Å². The van der Waals surface area contributed by atoms with E-state index in [1.807, 2.05) is 0 Å². The molecule has 0 amide bonds. The van der Waals surface area contributed by atoms with Crippen molar-refractivity contribution >= 4 is 22.0 Å². The molecule has 0 saturated carbocycles. The summed E-state index contributed by atoms with van der Waals surface area (Å²) < 4.78 is 75.8. The van der Waals surface area contributed by atoms with Crippen LogP contribution >= 0.6 is 0 Å². The van der Waals surface area contributed by atoms with Crippen LogP contribution in [-0.4, -0.2) is 27.4 Å². The number of benzene rings is 3. The summed E-state index contributed by atoms with van der Waals surface area (Å²) >= 11 is 0. The van der Waals surface area contributed by atoms with E-state index in [4.69, 9.17) is 4.74 Å². The summed E-state index contributed by atoms with van der Waals surface area (Å²) in [4.78, 5) is 10.3. The molecule has 0 radical (unpaired) electrons. The smallest absolute Gasteiger partial charge is 0.264 e. The van der Waals surface area contributed by atoms with E-state index in [-0.39, 0.29) is 18.0 Å². The Morgan fingerprint density at radius 3 is 2.23 bits per heavy atom. The van der Waals surface area contributed by atoms with Gasteiger partial charge in [-0.25, -0.2) is 21.6 Å². The summed E-state index contributed by atoms with van der Waals surface area (Å²) in [5, 5.41) is 0. The molecule has 4 rings (SSSR count). The van der Waals surface area contributed by atoms with Crippen LogP contribution in [0.5, 0.6) is 5.75 Å². The number of carbonyl (C=O) groups excluding carboxylic acids is 1. The average Bonchev–Trinajstić information content (AvgIpc) is 3.27. The molecular formula is C26H24F3NO4S. The van der Waals surface area contributed by atoms with Crippen molar-refractivity contribution in [2.24, 2.45) is 0 Å². The number of ether oxygens (including phenoxy) is 1. The molecule has 3 aromatic rings. The third-order valence-corrected chi connectivity index (χ3v) is 7.55. The summed E-state index contributed by atoms with van der Waals surface area (Å²) in [5.41, 5.74) is 3.26. The van der Waals surface area contributed by atoms with Crippen LogP contribution in [0.25, 0.3) is 0 Å². The van der Waals surface area contributed by atoms with Gasteiger partial charge in [0.15, 0.2) is 0 Å². The van der Waals surface area contributed by atoms with Crippen LogP contribution < -0.4 is 9.04 Å². The number of aryl methyl sites for hydroxylation is 2. The summed E-state index contributed by atoms with van der Waals surface area (Å²) in [5.74, 6) is -1.90. The molecule has 0 spiro atoms. The largest absolute Gasteiger partial charge is 0.487 e. The molecular weight excluding hydrogens is 479 g/mol. The Hall–Kier alpha value is -3.33. The van der Waals surface area contributed by atoms with Crippen molar-refractivity contribution in [3.05, 3.63) is 88.5 Å². The van der Waals surface area contributed by atoms with Gasteiger partial charge in [-0.15, -0.1) is 0 Å². The fraction of sp³-hybridized carbons (Fsp3) is 0.269. The van der Waals surface area contributed by atoms with Gasteiger partial charge in [0.05, 0.1) is 17.1 Å². The number of carbonyl (C=O) groups is 1. The molecule has 0 fully saturated rings. The van der Waals surface area contributed by atoms with E-state index in [2.05, 4.69) is 0 Å². The van der Waals surface area contributed by atoms with Crippen molar-refractivity contribution in [1.82, 2.24) is 0 Å². The number of sulfonamides is 1. The van der Waals surface area contributed by atoms with Gasteiger partial charge >= 0.3 is 0 Å².